The summed E-state index contributed by atoms with van der Waals surface area (Å²) in [7, 11) is 2.27. The van der Waals surface area contributed by atoms with Crippen LogP contribution in [0, 0.1) is 0 Å². The molecule has 2 aliphatic rings. The van der Waals surface area contributed by atoms with E-state index in [1.165, 1.54) is 36.1 Å². The lowest BCUT2D eigenvalue weighted by Crippen LogP contribution is -2.36. The van der Waals surface area contributed by atoms with Crippen LogP contribution in [0.15, 0.2) is 48.5 Å². The first-order chi connectivity index (χ1) is 12.3. The van der Waals surface area contributed by atoms with Crippen molar-refractivity contribution in [3.05, 3.63) is 65.2 Å². The van der Waals surface area contributed by atoms with Gasteiger partial charge in [0, 0.05) is 31.4 Å². The van der Waals surface area contributed by atoms with Crippen molar-refractivity contribution in [1.29, 1.82) is 0 Å². The molecule has 3 heteroatoms. The Balaban J connectivity index is 1.53. The third-order valence-corrected chi connectivity index (χ3v) is 5.59. The summed E-state index contributed by atoms with van der Waals surface area (Å²) in [5.74, 6) is 0. The number of nitrogens with zero attached hydrogens (tertiary/aromatic N) is 2. The summed E-state index contributed by atoms with van der Waals surface area (Å²) in [6.45, 7) is 4.72. The van der Waals surface area contributed by atoms with E-state index < -0.39 is 0 Å². The van der Waals surface area contributed by atoms with E-state index in [4.69, 9.17) is 4.74 Å². The van der Waals surface area contributed by atoms with Crippen molar-refractivity contribution < 1.29 is 4.74 Å². The Labute approximate surface area is 151 Å². The maximum absolute atomic E-state index is 5.49. The molecule has 0 spiro atoms. The zero-order valence-corrected chi connectivity index (χ0v) is 15.2. The number of benzene rings is 2. The molecule has 1 saturated heterocycles. The second-order valence-corrected chi connectivity index (χ2v) is 7.29. The van der Waals surface area contributed by atoms with Gasteiger partial charge in [0.05, 0.1) is 13.2 Å². The third-order valence-electron chi connectivity index (χ3n) is 5.59. The second kappa shape index (κ2) is 7.59. The number of hydrogen-bond donors (Lipinski definition) is 0. The highest BCUT2D eigenvalue weighted by Crippen LogP contribution is 2.36. The van der Waals surface area contributed by atoms with Gasteiger partial charge in [-0.15, -0.1) is 0 Å². The van der Waals surface area contributed by atoms with Gasteiger partial charge in [0.25, 0.3) is 0 Å². The van der Waals surface area contributed by atoms with E-state index in [-0.39, 0.29) is 0 Å². The monoisotopic (exact) mass is 336 g/mol. The molecule has 0 amide bonds. The maximum Gasteiger partial charge on any atom is 0.0642 e. The minimum Gasteiger partial charge on any atom is -0.378 e. The third kappa shape index (κ3) is 3.73. The minimum absolute atomic E-state index is 0.530. The molecule has 1 atom stereocenters. The molecule has 0 bridgehead atoms. The summed E-state index contributed by atoms with van der Waals surface area (Å²) < 4.78 is 5.49. The number of morpholine rings is 1. The Morgan fingerprint density at radius 1 is 1.08 bits per heavy atom. The molecule has 1 fully saturated rings. The summed E-state index contributed by atoms with van der Waals surface area (Å²) in [5, 5.41) is 0. The first-order valence-corrected chi connectivity index (χ1v) is 9.51. The number of fused-ring (bicyclic) bond motifs is 1. The predicted octanol–water partition coefficient (Wildman–Crippen LogP) is 4.03. The standard InChI is InChI=1S/C22H28N2O/c1-23(17-18-6-3-2-4-7-18)22-9-5-8-19-16-20(10-11-21(19)22)24-12-14-25-15-13-24/h2-4,6-7,10-11,16,22H,5,8-9,12-15,17H2,1H3. The van der Waals surface area contributed by atoms with E-state index in [9.17, 15) is 0 Å². The molecule has 3 nitrogen and oxygen atoms in total. The average Bonchev–Trinajstić information content (AvgIpc) is 2.68. The molecule has 0 N–H and O–H groups in total. The fourth-order valence-electron chi connectivity index (χ4n) is 4.23. The van der Waals surface area contributed by atoms with Gasteiger partial charge in [-0.3, -0.25) is 4.90 Å². The summed E-state index contributed by atoms with van der Waals surface area (Å²) in [5.41, 5.74) is 5.83. The first-order valence-electron chi connectivity index (χ1n) is 9.51. The smallest absolute Gasteiger partial charge is 0.0642 e. The number of anilines is 1. The van der Waals surface area contributed by atoms with Crippen LogP contribution < -0.4 is 4.90 Å². The molecule has 0 aromatic heterocycles. The topological polar surface area (TPSA) is 15.7 Å². The molecule has 4 rings (SSSR count). The normalized spacial score (nSPS) is 20.6. The summed E-state index contributed by atoms with van der Waals surface area (Å²) in [4.78, 5) is 4.98. The van der Waals surface area contributed by atoms with Crippen molar-refractivity contribution in [2.24, 2.45) is 0 Å². The molecule has 0 radical (unpaired) electrons. The lowest BCUT2D eigenvalue weighted by atomic mass is 9.86. The summed E-state index contributed by atoms with van der Waals surface area (Å²) >= 11 is 0. The molecule has 132 valence electrons. The van der Waals surface area contributed by atoms with Crippen LogP contribution >= 0.6 is 0 Å². The molecule has 25 heavy (non-hydrogen) atoms. The minimum atomic E-state index is 0.530. The largest absolute Gasteiger partial charge is 0.378 e. The Morgan fingerprint density at radius 2 is 1.88 bits per heavy atom. The van der Waals surface area contributed by atoms with Gasteiger partial charge in [0.15, 0.2) is 0 Å². The van der Waals surface area contributed by atoms with E-state index in [1.807, 2.05) is 0 Å². The van der Waals surface area contributed by atoms with Gasteiger partial charge in [0.2, 0.25) is 0 Å². The highest BCUT2D eigenvalue weighted by Gasteiger charge is 2.24. The lowest BCUT2D eigenvalue weighted by molar-refractivity contribution is 0.122. The van der Waals surface area contributed by atoms with Crippen molar-refractivity contribution in [2.45, 2.75) is 31.8 Å². The van der Waals surface area contributed by atoms with Crippen LogP contribution in [0.4, 0.5) is 5.69 Å². The Bertz CT molecular complexity index is 694. The van der Waals surface area contributed by atoms with Gasteiger partial charge in [0.1, 0.15) is 0 Å². The van der Waals surface area contributed by atoms with Crippen LogP contribution in [-0.2, 0) is 17.7 Å². The van der Waals surface area contributed by atoms with Gasteiger partial charge in [-0.1, -0.05) is 36.4 Å². The van der Waals surface area contributed by atoms with Crippen LogP contribution in [0.3, 0.4) is 0 Å². The fraction of sp³-hybridized carbons (Fsp3) is 0.455. The summed E-state index contributed by atoms with van der Waals surface area (Å²) in [6.07, 6.45) is 3.75. The quantitative estimate of drug-likeness (QED) is 0.838. The number of hydrogen-bond acceptors (Lipinski definition) is 3. The molecule has 1 unspecified atom stereocenters. The molecule has 2 aromatic rings. The first kappa shape index (κ1) is 16.6. The second-order valence-electron chi connectivity index (χ2n) is 7.29. The van der Waals surface area contributed by atoms with Gasteiger partial charge in [-0.05, 0) is 55.1 Å². The molecular formula is C22H28N2O. The molecular weight excluding hydrogens is 308 g/mol. The van der Waals surface area contributed by atoms with Crippen LogP contribution in [0.25, 0.3) is 0 Å². The van der Waals surface area contributed by atoms with Gasteiger partial charge in [-0.25, -0.2) is 0 Å². The highest BCUT2D eigenvalue weighted by molar-refractivity contribution is 5.52. The molecule has 0 saturated carbocycles. The fourth-order valence-corrected chi connectivity index (χ4v) is 4.23. The van der Waals surface area contributed by atoms with Gasteiger partial charge < -0.3 is 9.64 Å². The van der Waals surface area contributed by atoms with Crippen LogP contribution in [0.5, 0.6) is 0 Å². The SMILES string of the molecule is CN(Cc1ccccc1)C1CCCc2cc(N3CCOCC3)ccc21. The Morgan fingerprint density at radius 3 is 2.68 bits per heavy atom. The van der Waals surface area contributed by atoms with Crippen LogP contribution in [0.2, 0.25) is 0 Å². The maximum atomic E-state index is 5.49. The highest BCUT2D eigenvalue weighted by atomic mass is 16.5. The van der Waals surface area contributed by atoms with E-state index in [2.05, 4.69) is 65.4 Å². The van der Waals surface area contributed by atoms with E-state index in [0.29, 0.717) is 6.04 Å². The van der Waals surface area contributed by atoms with Crippen molar-refractivity contribution in [3.8, 4) is 0 Å². The van der Waals surface area contributed by atoms with Crippen molar-refractivity contribution in [2.75, 3.05) is 38.3 Å². The van der Waals surface area contributed by atoms with E-state index in [0.717, 1.165) is 32.8 Å². The van der Waals surface area contributed by atoms with E-state index >= 15 is 0 Å². The van der Waals surface area contributed by atoms with Gasteiger partial charge >= 0.3 is 0 Å². The van der Waals surface area contributed by atoms with Crippen LogP contribution in [0.1, 0.15) is 35.6 Å². The zero-order valence-electron chi connectivity index (χ0n) is 15.2. The van der Waals surface area contributed by atoms with E-state index in [1.54, 1.807) is 5.56 Å². The van der Waals surface area contributed by atoms with Crippen LogP contribution in [-0.4, -0.2) is 38.3 Å². The molecule has 1 aliphatic heterocycles. The lowest BCUT2D eigenvalue weighted by Gasteiger charge is -2.35. The Hall–Kier alpha value is -1.84. The van der Waals surface area contributed by atoms with Gasteiger partial charge in [-0.2, -0.15) is 0 Å². The molecule has 2 aromatic carbocycles. The Kier molecular flexibility index (Phi) is 5.04. The molecule has 1 heterocycles. The average molecular weight is 336 g/mol. The number of rotatable bonds is 4. The zero-order chi connectivity index (χ0) is 17.1. The number of aryl methyl sites for hydroxylation is 1. The van der Waals surface area contributed by atoms with Crippen molar-refractivity contribution in [1.82, 2.24) is 4.90 Å². The summed E-state index contributed by atoms with van der Waals surface area (Å²) in [6, 6.07) is 18.5. The van der Waals surface area contributed by atoms with Crippen molar-refractivity contribution >= 4 is 5.69 Å². The van der Waals surface area contributed by atoms with Crippen molar-refractivity contribution in [3.63, 3.8) is 0 Å². The number of ether oxygens (including phenoxy) is 1. The predicted molar refractivity (Wildman–Crippen MR) is 103 cm³/mol. The molecule has 1 aliphatic carbocycles.